The number of nitrogens with zero attached hydrogens (tertiary/aromatic N) is 2. The van der Waals surface area contributed by atoms with Crippen molar-refractivity contribution in [3.05, 3.63) is 59.7 Å². The standard InChI is InChI=1S/C20H21N3O2/c1-13-7-9-15(10-8-13)16-11-23(12-18(16)21-14(2)24)20-22-17-5-3-4-6-19(17)25-20/h3-10,16,18H,11-12H2,1-2H3,(H,21,24)/t16-,18+/m0/s1. The minimum Gasteiger partial charge on any atom is -0.423 e. The van der Waals surface area contributed by atoms with Gasteiger partial charge in [-0.05, 0) is 24.6 Å². The van der Waals surface area contributed by atoms with Crippen LogP contribution < -0.4 is 10.2 Å². The van der Waals surface area contributed by atoms with Gasteiger partial charge in [-0.25, -0.2) is 0 Å². The van der Waals surface area contributed by atoms with Crippen molar-refractivity contribution in [2.75, 3.05) is 18.0 Å². The van der Waals surface area contributed by atoms with Crippen molar-refractivity contribution >= 4 is 23.0 Å². The molecule has 0 saturated carbocycles. The summed E-state index contributed by atoms with van der Waals surface area (Å²) in [4.78, 5) is 18.4. The fourth-order valence-electron chi connectivity index (χ4n) is 3.51. The summed E-state index contributed by atoms with van der Waals surface area (Å²) in [6.45, 7) is 5.09. The average Bonchev–Trinajstić information content (AvgIpc) is 3.19. The van der Waals surface area contributed by atoms with E-state index < -0.39 is 0 Å². The summed E-state index contributed by atoms with van der Waals surface area (Å²) in [5.74, 6) is 0.195. The number of carbonyl (C=O) groups is 1. The van der Waals surface area contributed by atoms with Crippen molar-refractivity contribution in [1.29, 1.82) is 0 Å². The SMILES string of the molecule is CC(=O)N[C@@H]1CN(c2nc3ccccc3o2)C[C@H]1c1ccc(C)cc1. The molecular weight excluding hydrogens is 314 g/mol. The molecular formula is C20H21N3O2. The highest BCUT2D eigenvalue weighted by Crippen LogP contribution is 2.32. The second kappa shape index (κ2) is 6.24. The van der Waals surface area contributed by atoms with Crippen molar-refractivity contribution in [1.82, 2.24) is 10.3 Å². The van der Waals surface area contributed by atoms with E-state index in [1.165, 1.54) is 11.1 Å². The third-order valence-electron chi connectivity index (χ3n) is 4.77. The molecule has 0 aliphatic carbocycles. The molecule has 3 aromatic rings. The molecule has 2 heterocycles. The molecule has 1 amide bonds. The number of para-hydroxylation sites is 2. The molecule has 2 aromatic carbocycles. The van der Waals surface area contributed by atoms with Gasteiger partial charge in [0, 0.05) is 25.9 Å². The van der Waals surface area contributed by atoms with Gasteiger partial charge < -0.3 is 14.6 Å². The van der Waals surface area contributed by atoms with E-state index in [0.29, 0.717) is 12.6 Å². The number of nitrogens with one attached hydrogen (secondary N) is 1. The van der Waals surface area contributed by atoms with Crippen LogP contribution in [-0.2, 0) is 4.79 Å². The van der Waals surface area contributed by atoms with Gasteiger partial charge in [-0.3, -0.25) is 4.79 Å². The number of rotatable bonds is 3. The molecule has 0 bridgehead atoms. The zero-order valence-electron chi connectivity index (χ0n) is 14.4. The number of fused-ring (bicyclic) bond motifs is 1. The predicted octanol–water partition coefficient (Wildman–Crippen LogP) is 3.24. The Kier molecular flexibility index (Phi) is 3.92. The number of aryl methyl sites for hydroxylation is 1. The topological polar surface area (TPSA) is 58.4 Å². The van der Waals surface area contributed by atoms with Crippen molar-refractivity contribution in [3.8, 4) is 0 Å². The molecule has 1 fully saturated rings. The molecule has 1 aliphatic heterocycles. The smallest absolute Gasteiger partial charge is 0.298 e. The first-order valence-electron chi connectivity index (χ1n) is 8.54. The van der Waals surface area contributed by atoms with Gasteiger partial charge in [0.1, 0.15) is 5.52 Å². The van der Waals surface area contributed by atoms with Crippen molar-refractivity contribution in [3.63, 3.8) is 0 Å². The highest BCUT2D eigenvalue weighted by molar-refractivity contribution is 5.75. The number of anilines is 1. The lowest BCUT2D eigenvalue weighted by atomic mass is 9.93. The Morgan fingerprint density at radius 3 is 2.64 bits per heavy atom. The first-order chi connectivity index (χ1) is 12.1. The van der Waals surface area contributed by atoms with Gasteiger partial charge in [-0.1, -0.05) is 42.0 Å². The van der Waals surface area contributed by atoms with Crippen molar-refractivity contribution < 1.29 is 9.21 Å². The number of aromatic nitrogens is 1. The Morgan fingerprint density at radius 1 is 1.16 bits per heavy atom. The summed E-state index contributed by atoms with van der Waals surface area (Å²) < 4.78 is 5.91. The van der Waals surface area contributed by atoms with Crippen molar-refractivity contribution in [2.45, 2.75) is 25.8 Å². The van der Waals surface area contributed by atoms with E-state index in [2.05, 4.69) is 46.4 Å². The fourth-order valence-corrected chi connectivity index (χ4v) is 3.51. The summed E-state index contributed by atoms with van der Waals surface area (Å²) in [6, 6.07) is 16.9. The number of benzene rings is 2. The second-order valence-corrected chi connectivity index (χ2v) is 6.69. The highest BCUT2D eigenvalue weighted by Gasteiger charge is 2.36. The van der Waals surface area contributed by atoms with Crippen LogP contribution in [0.15, 0.2) is 52.9 Å². The summed E-state index contributed by atoms with van der Waals surface area (Å²) in [6.07, 6.45) is 0. The Hall–Kier alpha value is -2.82. The minimum absolute atomic E-state index is 0.0125. The van der Waals surface area contributed by atoms with Crippen LogP contribution in [0.3, 0.4) is 0 Å². The Labute approximate surface area is 146 Å². The van der Waals surface area contributed by atoms with Crippen LogP contribution in [0.5, 0.6) is 0 Å². The monoisotopic (exact) mass is 335 g/mol. The lowest BCUT2D eigenvalue weighted by Crippen LogP contribution is -2.38. The first-order valence-corrected chi connectivity index (χ1v) is 8.54. The molecule has 0 spiro atoms. The molecule has 1 N–H and O–H groups in total. The Bertz CT molecular complexity index is 868. The van der Waals surface area contributed by atoms with Crippen LogP contribution in [0.4, 0.5) is 6.01 Å². The van der Waals surface area contributed by atoms with E-state index in [9.17, 15) is 4.79 Å². The maximum absolute atomic E-state index is 11.6. The molecule has 25 heavy (non-hydrogen) atoms. The predicted molar refractivity (Wildman–Crippen MR) is 97.7 cm³/mol. The quantitative estimate of drug-likeness (QED) is 0.798. The number of hydrogen-bond donors (Lipinski definition) is 1. The molecule has 0 radical (unpaired) electrons. The van der Waals surface area contributed by atoms with Crippen LogP contribution in [0.2, 0.25) is 0 Å². The van der Waals surface area contributed by atoms with Gasteiger partial charge in [0.25, 0.3) is 6.01 Å². The second-order valence-electron chi connectivity index (χ2n) is 6.69. The summed E-state index contributed by atoms with van der Waals surface area (Å²) >= 11 is 0. The third kappa shape index (κ3) is 3.09. The van der Waals surface area contributed by atoms with Crippen LogP contribution in [0.25, 0.3) is 11.1 Å². The van der Waals surface area contributed by atoms with E-state index in [-0.39, 0.29) is 17.9 Å². The maximum atomic E-state index is 11.6. The van der Waals surface area contributed by atoms with E-state index in [1.807, 2.05) is 24.3 Å². The normalized spacial score (nSPS) is 20.2. The Balaban J connectivity index is 1.64. The van der Waals surface area contributed by atoms with E-state index >= 15 is 0 Å². The number of amides is 1. The molecule has 1 aliphatic rings. The molecule has 128 valence electrons. The highest BCUT2D eigenvalue weighted by atomic mass is 16.4. The van der Waals surface area contributed by atoms with Gasteiger partial charge in [0.05, 0.1) is 6.04 Å². The van der Waals surface area contributed by atoms with E-state index in [1.54, 1.807) is 6.92 Å². The Morgan fingerprint density at radius 2 is 1.92 bits per heavy atom. The largest absolute Gasteiger partial charge is 0.423 e. The van der Waals surface area contributed by atoms with Gasteiger partial charge in [-0.15, -0.1) is 0 Å². The van der Waals surface area contributed by atoms with Gasteiger partial charge in [-0.2, -0.15) is 4.98 Å². The van der Waals surface area contributed by atoms with Gasteiger partial charge >= 0.3 is 0 Å². The summed E-state index contributed by atoms with van der Waals surface area (Å²) in [5.41, 5.74) is 4.09. The molecule has 4 rings (SSSR count). The van der Waals surface area contributed by atoms with Crippen LogP contribution in [0, 0.1) is 6.92 Å². The minimum atomic E-state index is -0.0125. The number of carbonyl (C=O) groups excluding carboxylic acids is 1. The van der Waals surface area contributed by atoms with Gasteiger partial charge in [0.15, 0.2) is 5.58 Å². The zero-order chi connectivity index (χ0) is 17.4. The number of hydrogen-bond acceptors (Lipinski definition) is 4. The molecule has 1 saturated heterocycles. The van der Waals surface area contributed by atoms with E-state index in [4.69, 9.17) is 4.42 Å². The average molecular weight is 335 g/mol. The summed E-state index contributed by atoms with van der Waals surface area (Å²) in [7, 11) is 0. The van der Waals surface area contributed by atoms with E-state index in [0.717, 1.165) is 17.6 Å². The zero-order valence-corrected chi connectivity index (χ0v) is 14.4. The van der Waals surface area contributed by atoms with Crippen LogP contribution >= 0.6 is 0 Å². The maximum Gasteiger partial charge on any atom is 0.298 e. The lowest BCUT2D eigenvalue weighted by molar-refractivity contribution is -0.119. The first kappa shape index (κ1) is 15.7. The molecule has 5 heteroatoms. The van der Waals surface area contributed by atoms with Crippen LogP contribution in [0.1, 0.15) is 24.0 Å². The lowest BCUT2D eigenvalue weighted by Gasteiger charge is -2.19. The molecule has 1 aromatic heterocycles. The molecule has 5 nitrogen and oxygen atoms in total. The molecule has 2 atom stereocenters. The van der Waals surface area contributed by atoms with Gasteiger partial charge in [0.2, 0.25) is 5.91 Å². The fraction of sp³-hybridized carbons (Fsp3) is 0.300. The summed E-state index contributed by atoms with van der Waals surface area (Å²) in [5, 5.41) is 3.09. The molecule has 0 unspecified atom stereocenters. The number of oxazole rings is 1. The van der Waals surface area contributed by atoms with Crippen molar-refractivity contribution in [2.24, 2.45) is 0 Å². The van der Waals surface area contributed by atoms with Crippen LogP contribution in [-0.4, -0.2) is 30.0 Å². The third-order valence-corrected chi connectivity index (χ3v) is 4.77.